The van der Waals surface area contributed by atoms with Crippen LogP contribution in [0.1, 0.15) is 4.88 Å². The highest BCUT2D eigenvalue weighted by Crippen LogP contribution is 2.16. The van der Waals surface area contributed by atoms with Gasteiger partial charge in [-0.05, 0) is 23.6 Å². The van der Waals surface area contributed by atoms with E-state index in [0.717, 1.165) is 15.8 Å². The molecule has 0 saturated carbocycles. The van der Waals surface area contributed by atoms with Crippen molar-refractivity contribution in [2.75, 3.05) is 0 Å². The van der Waals surface area contributed by atoms with Crippen LogP contribution in [-0.2, 0) is 17.9 Å². The smallest absolute Gasteiger partial charge is 0.291 e. The van der Waals surface area contributed by atoms with Gasteiger partial charge in [-0.15, -0.1) is 11.3 Å². The van der Waals surface area contributed by atoms with Gasteiger partial charge in [0.15, 0.2) is 0 Å². The van der Waals surface area contributed by atoms with Crippen LogP contribution in [-0.4, -0.2) is 20.1 Å². The summed E-state index contributed by atoms with van der Waals surface area (Å²) >= 11 is 1.58. The van der Waals surface area contributed by atoms with Gasteiger partial charge in [-0.1, -0.05) is 24.3 Å². The first-order chi connectivity index (χ1) is 11.7. The van der Waals surface area contributed by atoms with Gasteiger partial charge in [0, 0.05) is 10.3 Å². The third kappa shape index (κ3) is 2.59. The van der Waals surface area contributed by atoms with Gasteiger partial charge < -0.3 is 5.32 Å². The van der Waals surface area contributed by atoms with E-state index in [0.29, 0.717) is 12.1 Å². The summed E-state index contributed by atoms with van der Waals surface area (Å²) in [6.07, 6.45) is 1.58. The fourth-order valence-corrected chi connectivity index (χ4v) is 3.31. The molecule has 0 saturated heterocycles. The molecule has 6 nitrogen and oxygen atoms in total. The highest BCUT2D eigenvalue weighted by atomic mass is 32.1. The van der Waals surface area contributed by atoms with Gasteiger partial charge in [-0.25, -0.2) is 4.68 Å². The lowest BCUT2D eigenvalue weighted by Crippen LogP contribution is -2.33. The molecule has 0 bridgehead atoms. The first kappa shape index (κ1) is 14.6. The SMILES string of the molecule is O=C(Cn1ncn2c(cc3ccccc32)c1=O)NCc1cccs1. The lowest BCUT2D eigenvalue weighted by Gasteiger charge is -2.06. The van der Waals surface area contributed by atoms with E-state index in [9.17, 15) is 9.59 Å². The number of nitrogens with one attached hydrogen (secondary N) is 1. The zero-order valence-corrected chi connectivity index (χ0v) is 13.5. The molecular weight excluding hydrogens is 324 g/mol. The average Bonchev–Trinajstić information content (AvgIpc) is 3.23. The molecule has 0 aliphatic rings. The van der Waals surface area contributed by atoms with Crippen molar-refractivity contribution in [3.05, 3.63) is 69.4 Å². The molecule has 3 aromatic heterocycles. The zero-order valence-electron chi connectivity index (χ0n) is 12.7. The number of hydrogen-bond acceptors (Lipinski definition) is 4. The summed E-state index contributed by atoms with van der Waals surface area (Å²) in [6.45, 7) is 0.366. The lowest BCUT2D eigenvalue weighted by atomic mass is 10.2. The average molecular weight is 338 g/mol. The fraction of sp³-hybridized carbons (Fsp3) is 0.118. The molecule has 120 valence electrons. The van der Waals surface area contributed by atoms with Crippen molar-refractivity contribution in [2.45, 2.75) is 13.1 Å². The molecule has 0 aliphatic heterocycles. The number of aromatic nitrogens is 3. The molecule has 0 unspecified atom stereocenters. The van der Waals surface area contributed by atoms with Crippen molar-refractivity contribution < 1.29 is 4.79 Å². The summed E-state index contributed by atoms with van der Waals surface area (Å²) in [6, 6.07) is 13.4. The van der Waals surface area contributed by atoms with Gasteiger partial charge in [0.2, 0.25) is 5.91 Å². The lowest BCUT2D eigenvalue weighted by molar-refractivity contribution is -0.122. The zero-order chi connectivity index (χ0) is 16.5. The van der Waals surface area contributed by atoms with Crippen molar-refractivity contribution in [1.29, 1.82) is 0 Å². The first-order valence-corrected chi connectivity index (χ1v) is 8.35. The molecule has 4 rings (SSSR count). The van der Waals surface area contributed by atoms with Crippen LogP contribution in [0.5, 0.6) is 0 Å². The standard InChI is InChI=1S/C17H14N4O2S/c22-16(18-9-13-5-3-7-24-13)10-21-17(23)15-8-12-4-1-2-6-14(12)20(15)11-19-21/h1-8,11H,9-10H2,(H,18,22). The number of fused-ring (bicyclic) bond motifs is 3. The van der Waals surface area contributed by atoms with Crippen LogP contribution < -0.4 is 10.9 Å². The molecule has 7 heteroatoms. The highest BCUT2D eigenvalue weighted by molar-refractivity contribution is 7.09. The molecule has 0 fully saturated rings. The molecule has 1 aromatic carbocycles. The number of benzene rings is 1. The first-order valence-electron chi connectivity index (χ1n) is 7.47. The van der Waals surface area contributed by atoms with Gasteiger partial charge in [0.1, 0.15) is 18.4 Å². The Morgan fingerprint density at radius 1 is 1.17 bits per heavy atom. The van der Waals surface area contributed by atoms with Crippen molar-refractivity contribution in [3.63, 3.8) is 0 Å². The van der Waals surface area contributed by atoms with Gasteiger partial charge in [0.05, 0.1) is 12.1 Å². The maximum absolute atomic E-state index is 12.6. The highest BCUT2D eigenvalue weighted by Gasteiger charge is 2.11. The quantitative estimate of drug-likeness (QED) is 0.619. The topological polar surface area (TPSA) is 68.4 Å². The molecule has 0 spiro atoms. The molecule has 1 N–H and O–H groups in total. The fourth-order valence-electron chi connectivity index (χ4n) is 2.67. The molecule has 3 heterocycles. The largest absolute Gasteiger partial charge is 0.350 e. The minimum Gasteiger partial charge on any atom is -0.350 e. The molecule has 0 radical (unpaired) electrons. The summed E-state index contributed by atoms with van der Waals surface area (Å²) in [5.74, 6) is -0.238. The Morgan fingerprint density at radius 3 is 2.88 bits per heavy atom. The van der Waals surface area contributed by atoms with Crippen LogP contribution in [0, 0.1) is 0 Å². The molecule has 1 amide bonds. The number of para-hydroxylation sites is 1. The van der Waals surface area contributed by atoms with Crippen LogP contribution in [0.4, 0.5) is 0 Å². The number of amides is 1. The Balaban J connectivity index is 1.60. The molecule has 24 heavy (non-hydrogen) atoms. The normalized spacial score (nSPS) is 11.2. The second-order valence-electron chi connectivity index (χ2n) is 5.41. The van der Waals surface area contributed by atoms with Crippen LogP contribution in [0.3, 0.4) is 0 Å². The van der Waals surface area contributed by atoms with E-state index in [1.54, 1.807) is 22.1 Å². The van der Waals surface area contributed by atoms with Gasteiger partial charge in [-0.3, -0.25) is 14.0 Å². The Kier molecular flexibility index (Phi) is 3.62. The van der Waals surface area contributed by atoms with E-state index < -0.39 is 0 Å². The second-order valence-corrected chi connectivity index (χ2v) is 6.44. The number of hydrogen-bond donors (Lipinski definition) is 1. The summed E-state index contributed by atoms with van der Waals surface area (Å²) < 4.78 is 2.94. The summed E-state index contributed by atoms with van der Waals surface area (Å²) in [5, 5.41) is 9.85. The van der Waals surface area contributed by atoms with E-state index >= 15 is 0 Å². The van der Waals surface area contributed by atoms with E-state index in [1.165, 1.54) is 4.68 Å². The Bertz CT molecular complexity index is 1080. The Labute approximate surface area is 141 Å². The van der Waals surface area contributed by atoms with Gasteiger partial charge in [0.25, 0.3) is 5.56 Å². The maximum Gasteiger partial charge on any atom is 0.291 e. The predicted octanol–water partition coefficient (Wildman–Crippen LogP) is 2.03. The van der Waals surface area contributed by atoms with E-state index in [2.05, 4.69) is 10.4 Å². The van der Waals surface area contributed by atoms with E-state index in [-0.39, 0.29) is 18.0 Å². The predicted molar refractivity (Wildman–Crippen MR) is 93.1 cm³/mol. The van der Waals surface area contributed by atoms with Crippen LogP contribution in [0.2, 0.25) is 0 Å². The third-order valence-electron chi connectivity index (χ3n) is 3.84. The number of rotatable bonds is 4. The molecular formula is C17H14N4O2S. The second kappa shape index (κ2) is 5.93. The van der Waals surface area contributed by atoms with Gasteiger partial charge >= 0.3 is 0 Å². The van der Waals surface area contributed by atoms with Crippen molar-refractivity contribution in [2.24, 2.45) is 0 Å². The van der Waals surface area contributed by atoms with Crippen molar-refractivity contribution in [3.8, 4) is 0 Å². The van der Waals surface area contributed by atoms with Crippen LogP contribution in [0.15, 0.2) is 59.0 Å². The summed E-state index contributed by atoms with van der Waals surface area (Å²) in [7, 11) is 0. The van der Waals surface area contributed by atoms with E-state index in [1.807, 2.05) is 47.8 Å². The van der Waals surface area contributed by atoms with Crippen LogP contribution >= 0.6 is 11.3 Å². The summed E-state index contributed by atoms with van der Waals surface area (Å²) in [4.78, 5) is 25.7. The maximum atomic E-state index is 12.6. The van der Waals surface area contributed by atoms with E-state index in [4.69, 9.17) is 0 Å². The van der Waals surface area contributed by atoms with Gasteiger partial charge in [-0.2, -0.15) is 5.10 Å². The molecule has 0 atom stereocenters. The third-order valence-corrected chi connectivity index (χ3v) is 4.72. The van der Waals surface area contributed by atoms with Crippen molar-refractivity contribution in [1.82, 2.24) is 19.5 Å². The number of carbonyl (C=O) groups is 1. The molecule has 4 aromatic rings. The number of nitrogens with zero attached hydrogens (tertiary/aromatic N) is 3. The number of thiophene rings is 1. The van der Waals surface area contributed by atoms with Crippen molar-refractivity contribution >= 4 is 33.7 Å². The minimum atomic E-state index is -0.278. The molecule has 0 aliphatic carbocycles. The number of carbonyl (C=O) groups excluding carboxylic acids is 1. The minimum absolute atomic E-state index is 0.0950. The monoisotopic (exact) mass is 338 g/mol. The summed E-state index contributed by atoms with van der Waals surface area (Å²) in [5.41, 5.74) is 1.16. The Hall–Kier alpha value is -2.93. The Morgan fingerprint density at radius 2 is 2.04 bits per heavy atom. The van der Waals surface area contributed by atoms with Crippen LogP contribution in [0.25, 0.3) is 16.4 Å².